The van der Waals surface area contributed by atoms with Gasteiger partial charge in [-0.05, 0) is 17.7 Å². The van der Waals surface area contributed by atoms with Gasteiger partial charge in [0.2, 0.25) is 0 Å². The SMILES string of the molecule is COC(=O)N[C@@H](Cc1ccc(F)c(F)c1)C(=O)OC. The van der Waals surface area contributed by atoms with Gasteiger partial charge >= 0.3 is 12.1 Å². The molecule has 0 fully saturated rings. The largest absolute Gasteiger partial charge is 0.467 e. The zero-order chi connectivity index (χ0) is 14.4. The van der Waals surface area contributed by atoms with Crippen LogP contribution in [0.1, 0.15) is 5.56 Å². The fourth-order valence-corrected chi connectivity index (χ4v) is 1.44. The van der Waals surface area contributed by atoms with Crippen LogP contribution in [0.3, 0.4) is 0 Å². The van der Waals surface area contributed by atoms with Crippen LogP contribution in [-0.2, 0) is 20.7 Å². The van der Waals surface area contributed by atoms with Crippen molar-refractivity contribution in [3.05, 3.63) is 35.4 Å². The average molecular weight is 273 g/mol. The third-order valence-corrected chi connectivity index (χ3v) is 2.39. The summed E-state index contributed by atoms with van der Waals surface area (Å²) in [7, 11) is 2.29. The van der Waals surface area contributed by atoms with Crippen molar-refractivity contribution in [1.82, 2.24) is 5.32 Å². The Morgan fingerprint density at radius 1 is 1.21 bits per heavy atom. The van der Waals surface area contributed by atoms with Gasteiger partial charge in [0.25, 0.3) is 0 Å². The van der Waals surface area contributed by atoms with Crippen LogP contribution in [0.2, 0.25) is 0 Å². The van der Waals surface area contributed by atoms with Gasteiger partial charge < -0.3 is 14.8 Å². The second kappa shape index (κ2) is 6.67. The zero-order valence-electron chi connectivity index (χ0n) is 10.4. The van der Waals surface area contributed by atoms with Crippen LogP contribution in [0.5, 0.6) is 0 Å². The lowest BCUT2D eigenvalue weighted by atomic mass is 10.1. The van der Waals surface area contributed by atoms with Crippen molar-refractivity contribution in [2.24, 2.45) is 0 Å². The number of hydrogen-bond acceptors (Lipinski definition) is 4. The summed E-state index contributed by atoms with van der Waals surface area (Å²) in [6, 6.07) is 2.16. The number of carbonyl (C=O) groups is 2. The highest BCUT2D eigenvalue weighted by atomic mass is 19.2. The molecule has 0 aliphatic carbocycles. The number of ether oxygens (including phenoxy) is 2. The van der Waals surface area contributed by atoms with Crippen molar-refractivity contribution in [2.75, 3.05) is 14.2 Å². The van der Waals surface area contributed by atoms with Crippen molar-refractivity contribution in [3.63, 3.8) is 0 Å². The van der Waals surface area contributed by atoms with Crippen LogP contribution in [0, 0.1) is 11.6 Å². The molecular formula is C12H13F2NO4. The third-order valence-electron chi connectivity index (χ3n) is 2.39. The summed E-state index contributed by atoms with van der Waals surface area (Å²) >= 11 is 0. The number of amides is 1. The quantitative estimate of drug-likeness (QED) is 0.842. The Morgan fingerprint density at radius 3 is 2.42 bits per heavy atom. The monoisotopic (exact) mass is 273 g/mol. The molecule has 1 aromatic rings. The molecule has 0 saturated carbocycles. The summed E-state index contributed by atoms with van der Waals surface area (Å²) in [5.41, 5.74) is 0.339. The van der Waals surface area contributed by atoms with Gasteiger partial charge in [-0.2, -0.15) is 0 Å². The zero-order valence-corrected chi connectivity index (χ0v) is 10.4. The van der Waals surface area contributed by atoms with E-state index < -0.39 is 29.7 Å². The molecule has 0 radical (unpaired) electrons. The number of halogens is 2. The number of rotatable bonds is 4. The topological polar surface area (TPSA) is 64.6 Å². The second-order valence-electron chi connectivity index (χ2n) is 3.66. The Morgan fingerprint density at radius 2 is 1.89 bits per heavy atom. The van der Waals surface area contributed by atoms with Crippen LogP contribution < -0.4 is 5.32 Å². The van der Waals surface area contributed by atoms with Crippen LogP contribution in [0.4, 0.5) is 13.6 Å². The minimum Gasteiger partial charge on any atom is -0.467 e. The molecule has 0 aliphatic rings. The summed E-state index contributed by atoms with van der Waals surface area (Å²) in [6.07, 6.45) is -0.864. The molecule has 19 heavy (non-hydrogen) atoms. The van der Waals surface area contributed by atoms with E-state index in [2.05, 4.69) is 14.8 Å². The predicted octanol–water partition coefficient (Wildman–Crippen LogP) is 1.40. The van der Waals surface area contributed by atoms with E-state index in [-0.39, 0.29) is 6.42 Å². The molecule has 104 valence electrons. The number of benzene rings is 1. The van der Waals surface area contributed by atoms with E-state index in [0.29, 0.717) is 5.56 Å². The van der Waals surface area contributed by atoms with Gasteiger partial charge in [-0.25, -0.2) is 18.4 Å². The average Bonchev–Trinajstić information content (AvgIpc) is 2.41. The maximum atomic E-state index is 13.0. The Labute approximate surface area is 108 Å². The molecule has 0 saturated heterocycles. The van der Waals surface area contributed by atoms with Crippen LogP contribution in [0.25, 0.3) is 0 Å². The molecule has 0 heterocycles. The number of esters is 1. The van der Waals surface area contributed by atoms with Crippen molar-refractivity contribution < 1.29 is 27.8 Å². The summed E-state index contributed by atoms with van der Waals surface area (Å²) < 4.78 is 34.7. The minimum atomic E-state index is -1.04. The molecule has 1 N–H and O–H groups in total. The first-order chi connectivity index (χ1) is 8.97. The molecule has 1 amide bonds. The van der Waals surface area contributed by atoms with E-state index in [1.165, 1.54) is 6.07 Å². The highest BCUT2D eigenvalue weighted by Crippen LogP contribution is 2.11. The predicted molar refractivity (Wildman–Crippen MR) is 61.4 cm³/mol. The van der Waals surface area contributed by atoms with Crippen molar-refractivity contribution in [2.45, 2.75) is 12.5 Å². The molecular weight excluding hydrogens is 260 g/mol. The van der Waals surface area contributed by atoms with E-state index in [1.54, 1.807) is 0 Å². The summed E-state index contributed by atoms with van der Waals surface area (Å²) in [4.78, 5) is 22.5. The lowest BCUT2D eigenvalue weighted by Crippen LogP contribution is -2.43. The van der Waals surface area contributed by atoms with Gasteiger partial charge in [0.15, 0.2) is 11.6 Å². The molecule has 5 nitrogen and oxygen atoms in total. The number of nitrogens with one attached hydrogen (secondary N) is 1. The molecule has 7 heteroatoms. The smallest absolute Gasteiger partial charge is 0.407 e. The summed E-state index contributed by atoms with van der Waals surface area (Å²) in [5.74, 6) is -2.73. The Balaban J connectivity index is 2.84. The molecule has 0 spiro atoms. The number of carbonyl (C=O) groups excluding carboxylic acids is 2. The summed E-state index contributed by atoms with van der Waals surface area (Å²) in [5, 5.41) is 2.25. The van der Waals surface area contributed by atoms with E-state index in [9.17, 15) is 18.4 Å². The lowest BCUT2D eigenvalue weighted by molar-refractivity contribution is -0.142. The number of methoxy groups -OCH3 is 2. The van der Waals surface area contributed by atoms with Crippen molar-refractivity contribution in [1.29, 1.82) is 0 Å². The summed E-state index contributed by atoms with van der Waals surface area (Å²) in [6.45, 7) is 0. The molecule has 1 rings (SSSR count). The first kappa shape index (κ1) is 14.9. The standard InChI is InChI=1S/C12H13F2NO4/c1-18-11(16)10(15-12(17)19-2)6-7-3-4-8(13)9(14)5-7/h3-5,10H,6H2,1-2H3,(H,15,17)/t10-/m0/s1. The second-order valence-corrected chi connectivity index (χ2v) is 3.66. The Bertz CT molecular complexity index is 479. The fourth-order valence-electron chi connectivity index (χ4n) is 1.44. The van der Waals surface area contributed by atoms with Gasteiger partial charge in [-0.1, -0.05) is 6.07 Å². The molecule has 0 bridgehead atoms. The maximum Gasteiger partial charge on any atom is 0.407 e. The first-order valence-corrected chi connectivity index (χ1v) is 5.34. The first-order valence-electron chi connectivity index (χ1n) is 5.34. The number of alkyl carbamates (subject to hydrolysis) is 1. The Kier molecular flexibility index (Phi) is 5.23. The van der Waals surface area contributed by atoms with Crippen LogP contribution in [0.15, 0.2) is 18.2 Å². The third kappa shape index (κ3) is 4.20. The van der Waals surface area contributed by atoms with Gasteiger partial charge in [0.05, 0.1) is 14.2 Å². The fraction of sp³-hybridized carbons (Fsp3) is 0.333. The van der Waals surface area contributed by atoms with Crippen LogP contribution >= 0.6 is 0 Å². The van der Waals surface area contributed by atoms with Crippen LogP contribution in [-0.4, -0.2) is 32.3 Å². The minimum absolute atomic E-state index is 0.0427. The van der Waals surface area contributed by atoms with E-state index >= 15 is 0 Å². The molecule has 1 atom stereocenters. The highest BCUT2D eigenvalue weighted by molar-refractivity contribution is 5.81. The van der Waals surface area contributed by atoms with E-state index in [0.717, 1.165) is 26.4 Å². The highest BCUT2D eigenvalue weighted by Gasteiger charge is 2.22. The molecule has 0 aromatic heterocycles. The number of hydrogen-bond donors (Lipinski definition) is 1. The normalized spacial score (nSPS) is 11.6. The van der Waals surface area contributed by atoms with Crippen molar-refractivity contribution >= 4 is 12.1 Å². The van der Waals surface area contributed by atoms with Crippen molar-refractivity contribution in [3.8, 4) is 0 Å². The van der Waals surface area contributed by atoms with Gasteiger partial charge in [-0.3, -0.25) is 0 Å². The van der Waals surface area contributed by atoms with Gasteiger partial charge in [-0.15, -0.1) is 0 Å². The van der Waals surface area contributed by atoms with E-state index in [4.69, 9.17) is 0 Å². The van der Waals surface area contributed by atoms with Gasteiger partial charge in [0, 0.05) is 6.42 Å². The van der Waals surface area contributed by atoms with E-state index in [1.807, 2.05) is 0 Å². The molecule has 1 aromatic carbocycles. The Hall–Kier alpha value is -2.18. The molecule has 0 unspecified atom stereocenters. The molecule has 0 aliphatic heterocycles. The van der Waals surface area contributed by atoms with Gasteiger partial charge in [0.1, 0.15) is 6.04 Å². The maximum absolute atomic E-state index is 13.0. The lowest BCUT2D eigenvalue weighted by Gasteiger charge is -2.15.